The van der Waals surface area contributed by atoms with E-state index in [-0.39, 0.29) is 6.07 Å². The minimum absolute atomic E-state index is 0.0980. The molecule has 0 aliphatic carbocycles. The van der Waals surface area contributed by atoms with E-state index in [1.165, 1.54) is 0 Å². The van der Waals surface area contributed by atoms with Crippen LogP contribution in [0.3, 0.4) is 0 Å². The summed E-state index contributed by atoms with van der Waals surface area (Å²) in [7, 11) is 0. The van der Waals surface area contributed by atoms with E-state index in [0.717, 1.165) is 0 Å². The summed E-state index contributed by atoms with van der Waals surface area (Å²) < 4.78 is 62.7. The zero-order chi connectivity index (χ0) is 14.1. The maximum atomic E-state index is 12.6. The van der Waals surface area contributed by atoms with E-state index in [1.807, 2.05) is 0 Å². The van der Waals surface area contributed by atoms with E-state index in [4.69, 9.17) is 17.3 Å². The number of rotatable bonds is 3. The first-order valence-electron chi connectivity index (χ1n) is 4.43. The maximum absolute atomic E-state index is 12.6. The number of hydrogen-bond donors (Lipinski definition) is 1. The first-order valence-corrected chi connectivity index (χ1v) is 4.96. The predicted octanol–water partition coefficient (Wildman–Crippen LogP) is 2.88. The van der Waals surface area contributed by atoms with Crippen LogP contribution in [0.1, 0.15) is 33.7 Å². The molecule has 1 heterocycles. The third-order valence-corrected chi connectivity index (χ3v) is 2.27. The molecule has 0 fully saturated rings. The topological polar surface area (TPSA) is 56.0 Å². The largest absolute Gasteiger partial charge is 0.417 e. The summed E-state index contributed by atoms with van der Waals surface area (Å²) in [6.07, 6.45) is -8.22. The van der Waals surface area contributed by atoms with Gasteiger partial charge in [-0.05, 0) is 6.07 Å². The Balaban J connectivity index is 3.63. The molecule has 0 unspecified atom stereocenters. The summed E-state index contributed by atoms with van der Waals surface area (Å²) >= 11 is 5.29. The third-order valence-electron chi connectivity index (χ3n) is 2.02. The van der Waals surface area contributed by atoms with Gasteiger partial charge in [-0.3, -0.25) is 4.79 Å². The van der Waals surface area contributed by atoms with Crippen molar-refractivity contribution in [3.63, 3.8) is 0 Å². The van der Waals surface area contributed by atoms with Gasteiger partial charge in [0.2, 0.25) is 0 Å². The summed E-state index contributed by atoms with van der Waals surface area (Å²) in [6.45, 7) is 0. The average molecular weight is 289 g/mol. The van der Waals surface area contributed by atoms with Crippen LogP contribution in [0.4, 0.5) is 22.0 Å². The van der Waals surface area contributed by atoms with Gasteiger partial charge in [0.15, 0.2) is 0 Å². The molecule has 0 aliphatic heterocycles. The van der Waals surface area contributed by atoms with Crippen molar-refractivity contribution in [2.45, 2.75) is 18.5 Å². The van der Waals surface area contributed by atoms with Crippen LogP contribution in [0.5, 0.6) is 0 Å². The number of nitrogens with zero attached hydrogens (tertiary/aromatic N) is 1. The van der Waals surface area contributed by atoms with E-state index in [2.05, 4.69) is 4.98 Å². The number of nitrogens with two attached hydrogens (primary N) is 1. The zero-order valence-electron chi connectivity index (χ0n) is 8.56. The van der Waals surface area contributed by atoms with Crippen molar-refractivity contribution in [2.75, 3.05) is 0 Å². The summed E-state index contributed by atoms with van der Waals surface area (Å²) in [5.41, 5.74) is 0.520. The molecule has 0 aliphatic rings. The van der Waals surface area contributed by atoms with Gasteiger partial charge in [-0.15, -0.1) is 11.6 Å². The van der Waals surface area contributed by atoms with Crippen LogP contribution in [-0.4, -0.2) is 10.9 Å². The standard InChI is InChI=1S/C9H6ClF5N2O/c10-2-5-6(8(16)18)3(9(13,14)15)1-4(17-5)7(11)12/h1,7H,2H2,(H2,16,18). The predicted molar refractivity (Wildman–Crippen MR) is 52.3 cm³/mol. The Morgan fingerprint density at radius 2 is 2.00 bits per heavy atom. The molecule has 0 saturated carbocycles. The molecule has 9 heteroatoms. The van der Waals surface area contributed by atoms with Crippen LogP contribution in [0.25, 0.3) is 0 Å². The monoisotopic (exact) mass is 288 g/mol. The minimum Gasteiger partial charge on any atom is -0.366 e. The van der Waals surface area contributed by atoms with Gasteiger partial charge < -0.3 is 5.73 Å². The zero-order valence-corrected chi connectivity index (χ0v) is 9.32. The highest BCUT2D eigenvalue weighted by Gasteiger charge is 2.37. The lowest BCUT2D eigenvalue weighted by Gasteiger charge is -2.14. The Morgan fingerprint density at radius 3 is 2.33 bits per heavy atom. The lowest BCUT2D eigenvalue weighted by atomic mass is 10.0. The lowest BCUT2D eigenvalue weighted by Crippen LogP contribution is -2.22. The number of pyridine rings is 1. The SMILES string of the molecule is NC(=O)c1c(C(F)(F)F)cc(C(F)F)nc1CCl. The molecule has 0 spiro atoms. The quantitative estimate of drug-likeness (QED) is 0.687. The molecule has 1 aromatic heterocycles. The summed E-state index contributed by atoms with van der Waals surface area (Å²) in [5, 5.41) is 0. The molecule has 1 aromatic rings. The van der Waals surface area contributed by atoms with Crippen molar-refractivity contribution in [1.29, 1.82) is 0 Å². The molecule has 18 heavy (non-hydrogen) atoms. The number of amides is 1. The molecular formula is C9H6ClF5N2O. The van der Waals surface area contributed by atoms with E-state index >= 15 is 0 Å². The Bertz CT molecular complexity index is 475. The number of carbonyl (C=O) groups is 1. The summed E-state index contributed by atoms with van der Waals surface area (Å²) in [5.74, 6) is -2.06. The second kappa shape index (κ2) is 5.05. The third kappa shape index (κ3) is 2.87. The summed E-state index contributed by atoms with van der Waals surface area (Å²) in [4.78, 5) is 14.2. The molecule has 100 valence electrons. The molecular weight excluding hydrogens is 283 g/mol. The van der Waals surface area contributed by atoms with Gasteiger partial charge in [0.05, 0.1) is 22.7 Å². The first kappa shape index (κ1) is 14.6. The van der Waals surface area contributed by atoms with Crippen molar-refractivity contribution < 1.29 is 26.7 Å². The molecule has 0 atom stereocenters. The normalized spacial score (nSPS) is 11.9. The smallest absolute Gasteiger partial charge is 0.366 e. The van der Waals surface area contributed by atoms with Crippen LogP contribution < -0.4 is 5.73 Å². The highest BCUT2D eigenvalue weighted by molar-refractivity contribution is 6.17. The number of alkyl halides is 6. The van der Waals surface area contributed by atoms with Gasteiger partial charge in [0, 0.05) is 0 Å². The van der Waals surface area contributed by atoms with Crippen LogP contribution >= 0.6 is 11.6 Å². The van der Waals surface area contributed by atoms with Crippen molar-refractivity contribution in [3.8, 4) is 0 Å². The minimum atomic E-state index is -5.00. The van der Waals surface area contributed by atoms with Crippen molar-refractivity contribution in [1.82, 2.24) is 4.98 Å². The van der Waals surface area contributed by atoms with Gasteiger partial charge >= 0.3 is 6.18 Å². The van der Waals surface area contributed by atoms with Gasteiger partial charge in [-0.25, -0.2) is 13.8 Å². The van der Waals surface area contributed by atoms with Crippen molar-refractivity contribution in [3.05, 3.63) is 28.6 Å². The molecule has 3 nitrogen and oxygen atoms in total. The Kier molecular flexibility index (Phi) is 4.10. The van der Waals surface area contributed by atoms with Crippen LogP contribution in [0.15, 0.2) is 6.07 Å². The van der Waals surface area contributed by atoms with Crippen LogP contribution in [0.2, 0.25) is 0 Å². The molecule has 0 bridgehead atoms. The lowest BCUT2D eigenvalue weighted by molar-refractivity contribution is -0.138. The maximum Gasteiger partial charge on any atom is 0.417 e. The van der Waals surface area contributed by atoms with Crippen molar-refractivity contribution >= 4 is 17.5 Å². The Hall–Kier alpha value is -1.44. The van der Waals surface area contributed by atoms with E-state index < -0.39 is 46.9 Å². The fraction of sp³-hybridized carbons (Fsp3) is 0.333. The first-order chi connectivity index (χ1) is 8.18. The van der Waals surface area contributed by atoms with Crippen LogP contribution in [0, 0.1) is 0 Å². The summed E-state index contributed by atoms with van der Waals surface area (Å²) in [6, 6.07) is 0.0980. The second-order valence-corrected chi connectivity index (χ2v) is 3.48. The fourth-order valence-electron chi connectivity index (χ4n) is 1.33. The highest BCUT2D eigenvalue weighted by atomic mass is 35.5. The average Bonchev–Trinajstić information content (AvgIpc) is 2.25. The molecule has 2 N–H and O–H groups in total. The number of aromatic nitrogens is 1. The van der Waals surface area contributed by atoms with E-state index in [0.29, 0.717) is 0 Å². The van der Waals surface area contributed by atoms with Gasteiger partial charge in [-0.2, -0.15) is 13.2 Å². The molecule has 0 saturated heterocycles. The Morgan fingerprint density at radius 1 is 1.44 bits per heavy atom. The van der Waals surface area contributed by atoms with Gasteiger partial charge in [0.1, 0.15) is 5.69 Å². The van der Waals surface area contributed by atoms with Gasteiger partial charge in [-0.1, -0.05) is 0 Å². The molecule has 1 amide bonds. The van der Waals surface area contributed by atoms with Gasteiger partial charge in [0.25, 0.3) is 12.3 Å². The number of primary amides is 1. The fourth-order valence-corrected chi connectivity index (χ4v) is 1.52. The number of halogens is 6. The van der Waals surface area contributed by atoms with E-state index in [9.17, 15) is 26.7 Å². The molecule has 1 rings (SSSR count). The molecule has 0 radical (unpaired) electrons. The molecule has 0 aromatic carbocycles. The second-order valence-electron chi connectivity index (χ2n) is 3.21. The van der Waals surface area contributed by atoms with Crippen LogP contribution in [-0.2, 0) is 12.1 Å². The number of hydrogen-bond acceptors (Lipinski definition) is 2. The number of carbonyl (C=O) groups excluding carboxylic acids is 1. The van der Waals surface area contributed by atoms with E-state index in [1.54, 1.807) is 0 Å². The van der Waals surface area contributed by atoms with Crippen molar-refractivity contribution in [2.24, 2.45) is 5.73 Å². The highest BCUT2D eigenvalue weighted by Crippen LogP contribution is 2.35. The Labute approximate surface area is 103 Å².